The molecule has 0 saturated carbocycles. The largest absolute Gasteiger partial charge is 0.493 e. The van der Waals surface area contributed by atoms with E-state index in [1.54, 1.807) is 42.6 Å². The van der Waals surface area contributed by atoms with Crippen molar-refractivity contribution in [1.82, 2.24) is 14.8 Å². The van der Waals surface area contributed by atoms with Crippen LogP contribution in [0, 0.1) is 0 Å². The maximum absolute atomic E-state index is 5.74. The van der Waals surface area contributed by atoms with Crippen molar-refractivity contribution in [3.05, 3.63) is 30.9 Å². The molecule has 0 bridgehead atoms. The summed E-state index contributed by atoms with van der Waals surface area (Å²) in [5.74, 6) is 0.696. The second-order valence-corrected chi connectivity index (χ2v) is 2.76. The molecular formula is C9H10N4O. The fourth-order valence-corrected chi connectivity index (χ4v) is 1.15. The van der Waals surface area contributed by atoms with Crippen molar-refractivity contribution in [2.45, 2.75) is 0 Å². The molecule has 0 spiro atoms. The molecule has 2 rings (SSSR count). The third-order valence-corrected chi connectivity index (χ3v) is 1.87. The normalized spacial score (nSPS) is 10.1. The number of nitrogen functional groups attached to an aromatic ring is 1. The molecule has 0 atom stereocenters. The van der Waals surface area contributed by atoms with E-state index >= 15 is 0 Å². The van der Waals surface area contributed by atoms with Crippen molar-refractivity contribution >= 4 is 5.69 Å². The lowest BCUT2D eigenvalue weighted by molar-refractivity contribution is 0.414. The average Bonchev–Trinajstić information content (AvgIpc) is 2.67. The first-order chi connectivity index (χ1) is 6.81. The number of rotatable bonds is 2. The molecule has 2 aromatic rings. The zero-order valence-electron chi connectivity index (χ0n) is 7.71. The SMILES string of the molecule is COc1cnn(-c2ccncc2N)c1. The molecule has 0 aliphatic carbocycles. The minimum atomic E-state index is 0.582. The minimum Gasteiger partial charge on any atom is -0.493 e. The maximum atomic E-state index is 5.74. The Bertz CT molecular complexity index is 438. The van der Waals surface area contributed by atoms with Crippen LogP contribution in [0.2, 0.25) is 0 Å². The minimum absolute atomic E-state index is 0.582. The van der Waals surface area contributed by atoms with Gasteiger partial charge >= 0.3 is 0 Å². The van der Waals surface area contributed by atoms with Gasteiger partial charge in [-0.05, 0) is 6.07 Å². The molecule has 2 aromatic heterocycles. The van der Waals surface area contributed by atoms with Crippen molar-refractivity contribution in [3.8, 4) is 11.4 Å². The lowest BCUT2D eigenvalue weighted by Crippen LogP contribution is -2.00. The standard InChI is InChI=1S/C9H10N4O/c1-14-7-4-12-13(6-7)9-2-3-11-5-8(9)10/h2-6H,10H2,1H3. The third kappa shape index (κ3) is 1.39. The summed E-state index contributed by atoms with van der Waals surface area (Å²) in [7, 11) is 1.59. The Labute approximate surface area is 81.1 Å². The molecule has 72 valence electrons. The second-order valence-electron chi connectivity index (χ2n) is 2.76. The van der Waals surface area contributed by atoms with E-state index in [1.807, 2.05) is 0 Å². The zero-order chi connectivity index (χ0) is 9.97. The van der Waals surface area contributed by atoms with Crippen molar-refractivity contribution < 1.29 is 4.74 Å². The van der Waals surface area contributed by atoms with Crippen LogP contribution in [0.1, 0.15) is 0 Å². The Kier molecular flexibility index (Phi) is 2.06. The maximum Gasteiger partial charge on any atom is 0.157 e. The first-order valence-corrected chi connectivity index (χ1v) is 4.10. The highest BCUT2D eigenvalue weighted by Gasteiger charge is 2.03. The summed E-state index contributed by atoms with van der Waals surface area (Å²) in [6.07, 6.45) is 6.63. The van der Waals surface area contributed by atoms with Crippen LogP contribution in [0.4, 0.5) is 5.69 Å². The lowest BCUT2D eigenvalue weighted by Gasteiger charge is -2.03. The monoisotopic (exact) mass is 190 g/mol. The highest BCUT2D eigenvalue weighted by Crippen LogP contribution is 2.17. The van der Waals surface area contributed by atoms with Crippen LogP contribution in [0.25, 0.3) is 5.69 Å². The molecule has 0 amide bonds. The van der Waals surface area contributed by atoms with Crippen molar-refractivity contribution in [2.24, 2.45) is 0 Å². The number of methoxy groups -OCH3 is 1. The Balaban J connectivity index is 2.44. The molecule has 0 unspecified atom stereocenters. The van der Waals surface area contributed by atoms with Gasteiger partial charge in [-0.1, -0.05) is 0 Å². The summed E-state index contributed by atoms with van der Waals surface area (Å²) < 4.78 is 6.67. The predicted octanol–water partition coefficient (Wildman–Crippen LogP) is 0.858. The fraction of sp³-hybridized carbons (Fsp3) is 0.111. The molecule has 14 heavy (non-hydrogen) atoms. The van der Waals surface area contributed by atoms with Gasteiger partial charge in [-0.15, -0.1) is 0 Å². The highest BCUT2D eigenvalue weighted by atomic mass is 16.5. The van der Waals surface area contributed by atoms with Crippen LogP contribution in [-0.2, 0) is 0 Å². The molecule has 0 aliphatic heterocycles. The Morgan fingerprint density at radius 3 is 2.93 bits per heavy atom. The van der Waals surface area contributed by atoms with Gasteiger partial charge in [0, 0.05) is 6.20 Å². The fourth-order valence-electron chi connectivity index (χ4n) is 1.15. The Morgan fingerprint density at radius 2 is 2.29 bits per heavy atom. The van der Waals surface area contributed by atoms with Gasteiger partial charge < -0.3 is 10.5 Å². The zero-order valence-corrected chi connectivity index (χ0v) is 7.71. The smallest absolute Gasteiger partial charge is 0.157 e. The second kappa shape index (κ2) is 3.37. The van der Waals surface area contributed by atoms with Crippen LogP contribution < -0.4 is 10.5 Å². The van der Waals surface area contributed by atoms with Crippen molar-refractivity contribution in [3.63, 3.8) is 0 Å². The van der Waals surface area contributed by atoms with E-state index in [0.29, 0.717) is 11.4 Å². The summed E-state index contributed by atoms with van der Waals surface area (Å²) in [4.78, 5) is 3.90. The number of hydrogen-bond donors (Lipinski definition) is 1. The van der Waals surface area contributed by atoms with Crippen LogP contribution in [-0.4, -0.2) is 21.9 Å². The van der Waals surface area contributed by atoms with Gasteiger partial charge in [0.05, 0.1) is 37.1 Å². The molecule has 0 aromatic carbocycles. The van der Waals surface area contributed by atoms with E-state index in [-0.39, 0.29) is 0 Å². The van der Waals surface area contributed by atoms with Gasteiger partial charge in [0.1, 0.15) is 0 Å². The molecule has 5 nitrogen and oxygen atoms in total. The number of hydrogen-bond acceptors (Lipinski definition) is 4. The van der Waals surface area contributed by atoms with Crippen LogP contribution in [0.15, 0.2) is 30.9 Å². The summed E-state index contributed by atoms with van der Waals surface area (Å²) in [5.41, 5.74) is 7.12. The number of nitrogens with two attached hydrogens (primary N) is 1. The van der Waals surface area contributed by atoms with Gasteiger partial charge in [-0.25, -0.2) is 4.68 Å². The third-order valence-electron chi connectivity index (χ3n) is 1.87. The first-order valence-electron chi connectivity index (χ1n) is 4.10. The van der Waals surface area contributed by atoms with Gasteiger partial charge in [0.25, 0.3) is 0 Å². The lowest BCUT2D eigenvalue weighted by atomic mass is 10.3. The van der Waals surface area contributed by atoms with E-state index < -0.39 is 0 Å². The first kappa shape index (κ1) is 8.55. The Morgan fingerprint density at radius 1 is 1.43 bits per heavy atom. The average molecular weight is 190 g/mol. The van der Waals surface area contributed by atoms with Crippen LogP contribution in [0.5, 0.6) is 5.75 Å². The van der Waals surface area contributed by atoms with E-state index in [0.717, 1.165) is 5.69 Å². The van der Waals surface area contributed by atoms with E-state index in [1.165, 1.54) is 0 Å². The molecular weight excluding hydrogens is 180 g/mol. The number of anilines is 1. The quantitative estimate of drug-likeness (QED) is 0.762. The number of ether oxygens (including phenoxy) is 1. The summed E-state index contributed by atoms with van der Waals surface area (Å²) in [6, 6.07) is 1.79. The van der Waals surface area contributed by atoms with E-state index in [9.17, 15) is 0 Å². The molecule has 5 heteroatoms. The number of nitrogens with zero attached hydrogens (tertiary/aromatic N) is 3. The van der Waals surface area contributed by atoms with Crippen molar-refractivity contribution in [1.29, 1.82) is 0 Å². The summed E-state index contributed by atoms with van der Waals surface area (Å²) >= 11 is 0. The topological polar surface area (TPSA) is 66.0 Å². The van der Waals surface area contributed by atoms with Crippen LogP contribution in [0.3, 0.4) is 0 Å². The van der Waals surface area contributed by atoms with Crippen molar-refractivity contribution in [2.75, 3.05) is 12.8 Å². The van der Waals surface area contributed by atoms with E-state index in [2.05, 4.69) is 10.1 Å². The molecule has 2 N–H and O–H groups in total. The van der Waals surface area contributed by atoms with E-state index in [4.69, 9.17) is 10.5 Å². The van der Waals surface area contributed by atoms with Gasteiger partial charge in [-0.2, -0.15) is 5.10 Å². The molecule has 0 radical (unpaired) electrons. The summed E-state index contributed by atoms with van der Waals surface area (Å²) in [6.45, 7) is 0. The predicted molar refractivity (Wildman–Crippen MR) is 52.3 cm³/mol. The molecule has 0 saturated heterocycles. The number of pyridine rings is 1. The van der Waals surface area contributed by atoms with Crippen LogP contribution >= 0.6 is 0 Å². The molecule has 0 fully saturated rings. The van der Waals surface area contributed by atoms with Gasteiger partial charge in [0.15, 0.2) is 5.75 Å². The highest BCUT2D eigenvalue weighted by molar-refractivity contribution is 5.55. The van der Waals surface area contributed by atoms with Gasteiger partial charge in [-0.3, -0.25) is 4.98 Å². The molecule has 0 aliphatic rings. The van der Waals surface area contributed by atoms with Gasteiger partial charge in [0.2, 0.25) is 0 Å². The number of aromatic nitrogens is 3. The summed E-state index contributed by atoms with van der Waals surface area (Å²) in [5, 5.41) is 4.10. The molecule has 2 heterocycles. The Hall–Kier alpha value is -2.04.